The maximum absolute atomic E-state index is 14.5. The Bertz CT molecular complexity index is 1200. The summed E-state index contributed by atoms with van der Waals surface area (Å²) in [6.07, 6.45) is 7.67. The van der Waals surface area contributed by atoms with Crippen LogP contribution >= 0.6 is 0 Å². The number of nitrogens with zero attached hydrogens (tertiary/aromatic N) is 3. The number of para-hydroxylation sites is 1. The van der Waals surface area contributed by atoms with Crippen molar-refractivity contribution in [3.8, 4) is 0 Å². The van der Waals surface area contributed by atoms with Crippen LogP contribution in [-0.2, 0) is 19.1 Å². The van der Waals surface area contributed by atoms with Crippen LogP contribution in [0.4, 0.5) is 5.69 Å². The number of carbonyl (C=O) groups excluding carboxylic acids is 3. The summed E-state index contributed by atoms with van der Waals surface area (Å²) < 4.78 is 6.71. The van der Waals surface area contributed by atoms with E-state index in [1.165, 1.54) is 4.90 Å². The van der Waals surface area contributed by atoms with Gasteiger partial charge in [-0.25, -0.2) is 0 Å². The average Bonchev–Trinajstić information content (AvgIpc) is 3.18. The van der Waals surface area contributed by atoms with E-state index < -0.39 is 41.2 Å². The third-order valence-corrected chi connectivity index (χ3v) is 8.60. The van der Waals surface area contributed by atoms with Gasteiger partial charge in [0.2, 0.25) is 17.7 Å². The molecule has 1 unspecified atom stereocenters. The molecule has 0 aliphatic carbocycles. The Balaban J connectivity index is 1.60. The molecular weight excluding hydrogens is 494 g/mol. The van der Waals surface area contributed by atoms with Crippen molar-refractivity contribution in [2.75, 3.05) is 24.6 Å². The van der Waals surface area contributed by atoms with Crippen molar-refractivity contribution in [1.29, 1.82) is 0 Å². The van der Waals surface area contributed by atoms with Crippen LogP contribution in [-0.4, -0.2) is 81.7 Å². The zero-order valence-corrected chi connectivity index (χ0v) is 23.8. The predicted molar refractivity (Wildman–Crippen MR) is 149 cm³/mol. The van der Waals surface area contributed by atoms with E-state index in [0.717, 1.165) is 12.1 Å². The Hall–Kier alpha value is -2.97. The van der Waals surface area contributed by atoms with Crippen molar-refractivity contribution >= 4 is 23.4 Å². The number of aliphatic hydroxyl groups excluding tert-OH is 1. The summed E-state index contributed by atoms with van der Waals surface area (Å²) in [5, 5.41) is 10.2. The summed E-state index contributed by atoms with van der Waals surface area (Å²) in [7, 11) is 0. The molecule has 1 aromatic carbocycles. The van der Waals surface area contributed by atoms with E-state index in [9.17, 15) is 19.5 Å². The van der Waals surface area contributed by atoms with Gasteiger partial charge in [-0.3, -0.25) is 14.4 Å². The lowest BCUT2D eigenvalue weighted by Crippen LogP contribution is -2.61. The van der Waals surface area contributed by atoms with Crippen molar-refractivity contribution in [2.24, 2.45) is 17.3 Å². The number of carbonyl (C=O) groups is 3. The largest absolute Gasteiger partial charge is 0.394 e. The summed E-state index contributed by atoms with van der Waals surface area (Å²) >= 11 is 0. The van der Waals surface area contributed by atoms with Crippen LogP contribution in [0.3, 0.4) is 0 Å². The Morgan fingerprint density at radius 3 is 2.33 bits per heavy atom. The van der Waals surface area contributed by atoms with E-state index in [4.69, 9.17) is 4.74 Å². The standard InChI is InChI=1S/C31H41N3O5/c1-20(18-35)34-25-28(38)33(30(5,6)19-29(2,3)4)17-11-15-31(25)24(27(34)37)23-22(39-31)14-10-16-32(26(23)36)21-12-8-7-9-13-21/h7-15,20,22-25,35H,16-19H2,1-6H3/t20-,22-,23+,24+,25?,31+/m1/s1. The first kappa shape index (κ1) is 27.6. The Labute approximate surface area is 231 Å². The van der Waals surface area contributed by atoms with Crippen molar-refractivity contribution in [1.82, 2.24) is 9.80 Å². The van der Waals surface area contributed by atoms with Gasteiger partial charge < -0.3 is 24.5 Å². The lowest BCUT2D eigenvalue weighted by atomic mass is 9.77. The fourth-order valence-electron chi connectivity index (χ4n) is 7.42. The number of rotatable bonds is 5. The van der Waals surface area contributed by atoms with Gasteiger partial charge in [-0.15, -0.1) is 0 Å². The van der Waals surface area contributed by atoms with Gasteiger partial charge in [0.25, 0.3) is 0 Å². The monoisotopic (exact) mass is 535 g/mol. The van der Waals surface area contributed by atoms with E-state index in [1.54, 1.807) is 11.8 Å². The zero-order valence-electron chi connectivity index (χ0n) is 23.8. The van der Waals surface area contributed by atoms with E-state index in [1.807, 2.05) is 59.5 Å². The molecule has 1 spiro atoms. The van der Waals surface area contributed by atoms with Gasteiger partial charge in [-0.1, -0.05) is 63.3 Å². The first-order chi connectivity index (χ1) is 18.3. The van der Waals surface area contributed by atoms with Crippen LogP contribution in [0, 0.1) is 17.3 Å². The minimum absolute atomic E-state index is 0.0290. The average molecular weight is 536 g/mol. The third kappa shape index (κ3) is 4.42. The van der Waals surface area contributed by atoms with Gasteiger partial charge in [-0.2, -0.15) is 0 Å². The molecule has 8 nitrogen and oxygen atoms in total. The highest BCUT2D eigenvalue weighted by Crippen LogP contribution is 2.54. The maximum Gasteiger partial charge on any atom is 0.249 e. The molecule has 6 atom stereocenters. The van der Waals surface area contributed by atoms with Gasteiger partial charge in [0.05, 0.1) is 30.6 Å². The van der Waals surface area contributed by atoms with E-state index >= 15 is 0 Å². The van der Waals surface area contributed by atoms with E-state index in [2.05, 4.69) is 34.6 Å². The minimum Gasteiger partial charge on any atom is -0.394 e. The summed E-state index contributed by atoms with van der Waals surface area (Å²) in [4.78, 5) is 48.0. The topological polar surface area (TPSA) is 90.4 Å². The van der Waals surface area contributed by atoms with Crippen molar-refractivity contribution in [3.05, 3.63) is 54.6 Å². The Morgan fingerprint density at radius 1 is 1.00 bits per heavy atom. The molecule has 4 aliphatic heterocycles. The summed E-state index contributed by atoms with van der Waals surface area (Å²) in [6.45, 7) is 12.7. The Morgan fingerprint density at radius 2 is 1.69 bits per heavy atom. The molecule has 2 fully saturated rings. The summed E-state index contributed by atoms with van der Waals surface area (Å²) in [6, 6.07) is 7.81. The van der Waals surface area contributed by atoms with Crippen molar-refractivity contribution in [2.45, 2.75) is 77.3 Å². The van der Waals surface area contributed by atoms with Crippen LogP contribution in [0.25, 0.3) is 0 Å². The van der Waals surface area contributed by atoms with E-state index in [-0.39, 0.29) is 29.7 Å². The third-order valence-electron chi connectivity index (χ3n) is 8.60. The highest BCUT2D eigenvalue weighted by molar-refractivity contribution is 6.04. The van der Waals surface area contributed by atoms with Crippen molar-refractivity contribution in [3.63, 3.8) is 0 Å². The van der Waals surface area contributed by atoms with Crippen LogP contribution < -0.4 is 4.90 Å². The molecule has 5 rings (SSSR count). The van der Waals surface area contributed by atoms with Gasteiger partial charge in [0, 0.05) is 24.3 Å². The number of fused-ring (bicyclic) bond motifs is 2. The molecule has 1 N–H and O–H groups in total. The molecule has 3 amide bonds. The number of likely N-dealkylation sites (tertiary alicyclic amines) is 1. The maximum atomic E-state index is 14.5. The SMILES string of the molecule is C[C@H](CO)N1C(=O)[C@@H]2[C@H]3C(=O)N(c4ccccc4)CC=C[C@H]3O[C@@]23C=CCN(C(C)(C)CC(C)(C)C)C(=O)C13. The van der Waals surface area contributed by atoms with Crippen LogP contribution in [0.1, 0.15) is 48.0 Å². The first-order valence-electron chi connectivity index (χ1n) is 14.0. The smallest absolute Gasteiger partial charge is 0.249 e. The molecule has 2 saturated heterocycles. The fraction of sp³-hybridized carbons (Fsp3) is 0.581. The van der Waals surface area contributed by atoms with Gasteiger partial charge in [-0.05, 0) is 44.7 Å². The highest BCUT2D eigenvalue weighted by Gasteiger charge is 2.72. The molecule has 8 heteroatoms. The molecule has 0 bridgehead atoms. The molecule has 0 aromatic heterocycles. The second-order valence-electron chi connectivity index (χ2n) is 13.2. The van der Waals surface area contributed by atoms with Crippen LogP contribution in [0.2, 0.25) is 0 Å². The minimum atomic E-state index is -1.31. The molecule has 210 valence electrons. The quantitative estimate of drug-likeness (QED) is 0.585. The number of anilines is 1. The normalized spacial score (nSPS) is 31.7. The number of amides is 3. The molecule has 4 aliphatic rings. The fourth-order valence-corrected chi connectivity index (χ4v) is 7.42. The number of hydrogen-bond acceptors (Lipinski definition) is 5. The highest BCUT2D eigenvalue weighted by atomic mass is 16.5. The van der Waals surface area contributed by atoms with Gasteiger partial charge in [0.1, 0.15) is 11.6 Å². The Kier molecular flexibility index (Phi) is 6.79. The number of ether oxygens (including phenoxy) is 1. The number of benzene rings is 1. The molecule has 1 aromatic rings. The molecule has 39 heavy (non-hydrogen) atoms. The summed E-state index contributed by atoms with van der Waals surface area (Å²) in [5.74, 6) is -2.40. The van der Waals surface area contributed by atoms with Gasteiger partial charge in [0.15, 0.2) is 0 Å². The summed E-state index contributed by atoms with van der Waals surface area (Å²) in [5.41, 5.74) is -1.08. The molecule has 0 saturated carbocycles. The van der Waals surface area contributed by atoms with Crippen molar-refractivity contribution < 1.29 is 24.2 Å². The predicted octanol–water partition coefficient (Wildman–Crippen LogP) is 3.16. The second kappa shape index (κ2) is 9.59. The number of hydrogen-bond donors (Lipinski definition) is 1. The molecule has 0 radical (unpaired) electrons. The first-order valence-corrected chi connectivity index (χ1v) is 14.0. The number of aliphatic hydroxyl groups is 1. The van der Waals surface area contributed by atoms with Crippen LogP contribution in [0.5, 0.6) is 0 Å². The molecular formula is C31H41N3O5. The second-order valence-corrected chi connectivity index (χ2v) is 13.2. The lowest BCUT2D eigenvalue weighted by molar-refractivity contribution is -0.154. The van der Waals surface area contributed by atoms with E-state index in [0.29, 0.717) is 13.1 Å². The van der Waals surface area contributed by atoms with Crippen LogP contribution in [0.15, 0.2) is 54.6 Å². The lowest BCUT2D eigenvalue weighted by Gasteiger charge is -2.45. The van der Waals surface area contributed by atoms with Gasteiger partial charge >= 0.3 is 0 Å². The molecule has 4 heterocycles. The zero-order chi connectivity index (χ0) is 28.3.